The Balaban J connectivity index is 1.69. The third-order valence-electron chi connectivity index (χ3n) is 6.43. The summed E-state index contributed by atoms with van der Waals surface area (Å²) in [5.74, 6) is -0.590. The number of hydrogen-bond acceptors (Lipinski definition) is 5. The molecule has 4 aromatic rings. The van der Waals surface area contributed by atoms with E-state index in [0.29, 0.717) is 38.3 Å². The summed E-state index contributed by atoms with van der Waals surface area (Å²) in [6.45, 7) is 5.80. The molecule has 1 aliphatic heterocycles. The molecule has 4 amide bonds. The Hall–Kier alpha value is -4.69. The van der Waals surface area contributed by atoms with Crippen LogP contribution in [0.5, 0.6) is 11.5 Å². The van der Waals surface area contributed by atoms with E-state index in [9.17, 15) is 14.4 Å². The van der Waals surface area contributed by atoms with Crippen LogP contribution in [-0.2, 0) is 9.59 Å². The number of aryl methyl sites for hydroxylation is 1. The number of anilines is 2. The Morgan fingerprint density at radius 3 is 2.38 bits per heavy atom. The van der Waals surface area contributed by atoms with Crippen LogP contribution in [0.1, 0.15) is 11.1 Å². The summed E-state index contributed by atoms with van der Waals surface area (Å²) in [7, 11) is 1.50. The van der Waals surface area contributed by atoms with Gasteiger partial charge in [-0.1, -0.05) is 61.2 Å². The number of fused-ring (bicyclic) bond motifs is 1. The summed E-state index contributed by atoms with van der Waals surface area (Å²) < 4.78 is 11.8. The van der Waals surface area contributed by atoms with Gasteiger partial charge in [-0.2, -0.15) is 0 Å². The Morgan fingerprint density at radius 2 is 1.62 bits per heavy atom. The van der Waals surface area contributed by atoms with Crippen LogP contribution in [0.25, 0.3) is 16.8 Å². The second kappa shape index (κ2) is 11.2. The van der Waals surface area contributed by atoms with Crippen LogP contribution in [0.15, 0.2) is 102 Å². The average Bonchev–Trinajstić information content (AvgIpc) is 2.94. The van der Waals surface area contributed by atoms with E-state index in [1.54, 1.807) is 48.5 Å². The summed E-state index contributed by atoms with van der Waals surface area (Å²) in [5.41, 5.74) is 1.94. The minimum atomic E-state index is -0.749. The van der Waals surface area contributed by atoms with Crippen LogP contribution in [-0.4, -0.2) is 31.6 Å². The summed E-state index contributed by atoms with van der Waals surface area (Å²) >= 11 is 3.49. The first-order valence-electron chi connectivity index (χ1n) is 12.4. The SMILES string of the molecule is C=CCOc1c(Br)cc(/C=C2\C(=O)N(c3cccc(C)c3)C(=O)N(c3cccc4ccccc34)C2=O)cc1OC. The molecule has 0 N–H and O–H groups in total. The van der Waals surface area contributed by atoms with E-state index in [4.69, 9.17) is 9.47 Å². The number of carbonyl (C=O) groups excluding carboxylic acids is 3. The van der Waals surface area contributed by atoms with Gasteiger partial charge in [-0.05, 0) is 75.8 Å². The molecular weight excluding hydrogens is 572 g/mol. The molecular formula is C32H25BrN2O5. The molecule has 200 valence electrons. The molecule has 7 nitrogen and oxygen atoms in total. The highest BCUT2D eigenvalue weighted by molar-refractivity contribution is 9.10. The standard InChI is InChI=1S/C32H25BrN2O5/c1-4-15-40-29-26(33)18-21(19-28(29)39-3)17-25-30(36)34(23-12-7-9-20(2)16-23)32(38)35(31(25)37)27-14-8-11-22-10-5-6-13-24(22)27/h4-14,16-19H,1,15H2,2-3H3/b25-17+. The molecule has 0 unspecified atom stereocenters. The van der Waals surface area contributed by atoms with Crippen LogP contribution in [0.4, 0.5) is 16.2 Å². The van der Waals surface area contributed by atoms with E-state index < -0.39 is 17.8 Å². The number of methoxy groups -OCH3 is 1. The zero-order valence-electron chi connectivity index (χ0n) is 21.9. The Kier molecular flexibility index (Phi) is 7.53. The van der Waals surface area contributed by atoms with Gasteiger partial charge < -0.3 is 9.47 Å². The van der Waals surface area contributed by atoms with Gasteiger partial charge in [0.2, 0.25) is 0 Å². The van der Waals surface area contributed by atoms with Crippen molar-refractivity contribution in [3.8, 4) is 11.5 Å². The zero-order valence-corrected chi connectivity index (χ0v) is 23.5. The first kappa shape index (κ1) is 26.9. The van der Waals surface area contributed by atoms with Gasteiger partial charge in [-0.25, -0.2) is 14.6 Å². The van der Waals surface area contributed by atoms with Crippen molar-refractivity contribution in [1.29, 1.82) is 0 Å². The fourth-order valence-electron chi connectivity index (χ4n) is 4.61. The molecule has 0 radical (unpaired) electrons. The number of benzene rings is 4. The average molecular weight is 597 g/mol. The van der Waals surface area contributed by atoms with Gasteiger partial charge in [0, 0.05) is 5.39 Å². The van der Waals surface area contributed by atoms with Crippen molar-refractivity contribution in [1.82, 2.24) is 0 Å². The maximum absolute atomic E-state index is 14.0. The smallest absolute Gasteiger partial charge is 0.343 e. The number of amides is 4. The fraction of sp³-hybridized carbons (Fsp3) is 0.0938. The molecule has 1 aliphatic rings. The molecule has 1 saturated heterocycles. The molecule has 1 fully saturated rings. The maximum Gasteiger partial charge on any atom is 0.343 e. The Labute approximate surface area is 240 Å². The number of hydrogen-bond donors (Lipinski definition) is 0. The Morgan fingerprint density at radius 1 is 0.900 bits per heavy atom. The second-order valence-corrected chi connectivity index (χ2v) is 9.95. The number of barbiturate groups is 1. The molecule has 40 heavy (non-hydrogen) atoms. The van der Waals surface area contributed by atoms with E-state index in [0.717, 1.165) is 20.7 Å². The van der Waals surface area contributed by atoms with Crippen molar-refractivity contribution in [2.45, 2.75) is 6.92 Å². The normalized spacial score (nSPS) is 14.7. The zero-order chi connectivity index (χ0) is 28.4. The van der Waals surface area contributed by atoms with Gasteiger partial charge in [-0.15, -0.1) is 0 Å². The number of halogens is 1. The van der Waals surface area contributed by atoms with Gasteiger partial charge in [0.1, 0.15) is 12.2 Å². The van der Waals surface area contributed by atoms with E-state index in [-0.39, 0.29) is 12.2 Å². The maximum atomic E-state index is 14.0. The molecule has 8 heteroatoms. The molecule has 1 heterocycles. The quantitative estimate of drug-likeness (QED) is 0.130. The van der Waals surface area contributed by atoms with Crippen molar-refractivity contribution < 1.29 is 23.9 Å². The number of ether oxygens (including phenoxy) is 2. The number of carbonyl (C=O) groups is 3. The van der Waals surface area contributed by atoms with Gasteiger partial charge in [0.25, 0.3) is 11.8 Å². The first-order chi connectivity index (χ1) is 19.3. The van der Waals surface area contributed by atoms with E-state index in [2.05, 4.69) is 22.5 Å². The minimum Gasteiger partial charge on any atom is -0.493 e. The number of rotatable bonds is 7. The molecule has 0 aromatic heterocycles. The molecule has 4 aromatic carbocycles. The van der Waals surface area contributed by atoms with Crippen molar-refractivity contribution >= 4 is 62.0 Å². The molecule has 0 bridgehead atoms. The summed E-state index contributed by atoms with van der Waals surface area (Å²) in [6, 6.07) is 22.5. The highest BCUT2D eigenvalue weighted by Gasteiger charge is 2.44. The van der Waals surface area contributed by atoms with Crippen LogP contribution < -0.4 is 19.3 Å². The molecule has 0 atom stereocenters. The van der Waals surface area contributed by atoms with Crippen LogP contribution >= 0.6 is 15.9 Å². The predicted octanol–water partition coefficient (Wildman–Crippen LogP) is 7.07. The van der Waals surface area contributed by atoms with Crippen molar-refractivity contribution in [3.05, 3.63) is 113 Å². The summed E-state index contributed by atoms with van der Waals surface area (Å²) in [5, 5.41) is 1.56. The lowest BCUT2D eigenvalue weighted by atomic mass is 10.0. The lowest BCUT2D eigenvalue weighted by molar-refractivity contribution is -0.121. The third-order valence-corrected chi connectivity index (χ3v) is 7.01. The first-order valence-corrected chi connectivity index (χ1v) is 13.2. The molecule has 0 aliphatic carbocycles. The second-order valence-electron chi connectivity index (χ2n) is 9.09. The van der Waals surface area contributed by atoms with Gasteiger partial charge in [0.15, 0.2) is 11.5 Å². The summed E-state index contributed by atoms with van der Waals surface area (Å²) in [6.07, 6.45) is 3.07. The van der Waals surface area contributed by atoms with Crippen molar-refractivity contribution in [2.24, 2.45) is 0 Å². The lowest BCUT2D eigenvalue weighted by Crippen LogP contribution is -2.57. The molecule has 5 rings (SSSR count). The topological polar surface area (TPSA) is 76.2 Å². The number of urea groups is 1. The molecule has 0 spiro atoms. The fourth-order valence-corrected chi connectivity index (χ4v) is 5.19. The highest BCUT2D eigenvalue weighted by Crippen LogP contribution is 2.39. The van der Waals surface area contributed by atoms with E-state index in [1.165, 1.54) is 13.2 Å². The number of nitrogens with zero attached hydrogens (tertiary/aromatic N) is 2. The van der Waals surface area contributed by atoms with E-state index in [1.807, 2.05) is 43.3 Å². The van der Waals surface area contributed by atoms with Gasteiger partial charge >= 0.3 is 6.03 Å². The van der Waals surface area contributed by atoms with Crippen molar-refractivity contribution in [2.75, 3.05) is 23.5 Å². The van der Waals surface area contributed by atoms with Crippen LogP contribution in [0, 0.1) is 6.92 Å². The number of imide groups is 2. The lowest BCUT2D eigenvalue weighted by Gasteiger charge is -2.34. The highest BCUT2D eigenvalue weighted by atomic mass is 79.9. The minimum absolute atomic E-state index is 0.178. The largest absolute Gasteiger partial charge is 0.493 e. The van der Waals surface area contributed by atoms with E-state index >= 15 is 0 Å². The monoisotopic (exact) mass is 596 g/mol. The molecule has 0 saturated carbocycles. The van der Waals surface area contributed by atoms with Crippen LogP contribution in [0.2, 0.25) is 0 Å². The van der Waals surface area contributed by atoms with Crippen LogP contribution in [0.3, 0.4) is 0 Å². The Bertz CT molecular complexity index is 1710. The van der Waals surface area contributed by atoms with Gasteiger partial charge in [0.05, 0.1) is 23.0 Å². The predicted molar refractivity (Wildman–Crippen MR) is 160 cm³/mol. The van der Waals surface area contributed by atoms with Crippen molar-refractivity contribution in [3.63, 3.8) is 0 Å². The van der Waals surface area contributed by atoms with Gasteiger partial charge in [-0.3, -0.25) is 9.59 Å². The third kappa shape index (κ3) is 4.89. The summed E-state index contributed by atoms with van der Waals surface area (Å²) in [4.78, 5) is 43.9.